The van der Waals surface area contributed by atoms with Crippen molar-refractivity contribution in [2.75, 3.05) is 64.4 Å². The number of anilines is 1. The lowest BCUT2D eigenvalue weighted by atomic mass is 9.75. The molecule has 0 radical (unpaired) electrons. The van der Waals surface area contributed by atoms with Gasteiger partial charge in [-0.25, -0.2) is 30.0 Å². The van der Waals surface area contributed by atoms with Gasteiger partial charge in [0.1, 0.15) is 26.8 Å². The lowest BCUT2D eigenvalue weighted by Gasteiger charge is -2.30. The Bertz CT molecular complexity index is 2470. The summed E-state index contributed by atoms with van der Waals surface area (Å²) in [5.74, 6) is -2.78. The van der Waals surface area contributed by atoms with Gasteiger partial charge in [-0.15, -0.1) is 5.06 Å². The largest absolute Gasteiger partial charge is 0.748 e. The molecular formula is C39H47N3O16S3-2. The zero-order valence-electron chi connectivity index (χ0n) is 34.0. The quantitative estimate of drug-likeness (QED) is 0.0751. The number of ether oxygens (including phenoxy) is 3. The van der Waals surface area contributed by atoms with E-state index in [-0.39, 0.29) is 71.6 Å². The highest BCUT2D eigenvalue weighted by molar-refractivity contribution is 7.86. The number of carbonyl (C=O) groups excluding carboxylic acids is 3. The van der Waals surface area contributed by atoms with Gasteiger partial charge in [-0.1, -0.05) is 6.08 Å². The Morgan fingerprint density at radius 2 is 1.44 bits per heavy atom. The Morgan fingerprint density at radius 3 is 2.05 bits per heavy atom. The summed E-state index contributed by atoms with van der Waals surface area (Å²) in [4.78, 5) is 41.8. The molecule has 19 nitrogen and oxygen atoms in total. The van der Waals surface area contributed by atoms with Crippen LogP contribution in [0.4, 0.5) is 11.4 Å². The van der Waals surface area contributed by atoms with Crippen LogP contribution in [0.5, 0.6) is 0 Å². The van der Waals surface area contributed by atoms with Gasteiger partial charge in [-0.2, -0.15) is 4.58 Å². The molecule has 2 aromatic rings. The van der Waals surface area contributed by atoms with E-state index in [9.17, 15) is 53.3 Å². The molecule has 3 heterocycles. The molecule has 0 spiro atoms. The molecule has 0 saturated carbocycles. The number of imide groups is 1. The van der Waals surface area contributed by atoms with Crippen LogP contribution in [0, 0.1) is 0 Å². The number of hydrogen-bond donors (Lipinski definition) is 0. The van der Waals surface area contributed by atoms with Crippen molar-refractivity contribution in [2.24, 2.45) is 0 Å². The van der Waals surface area contributed by atoms with Crippen molar-refractivity contribution in [1.82, 2.24) is 5.06 Å². The topological polar surface area (TPSA) is 269 Å². The van der Waals surface area contributed by atoms with E-state index in [1.807, 2.05) is 16.4 Å². The monoisotopic (exact) mass is 909 g/mol. The number of hydrogen-bond acceptors (Lipinski definition) is 17. The number of fused-ring (bicyclic) bond motifs is 2. The Labute approximate surface area is 354 Å². The van der Waals surface area contributed by atoms with E-state index in [2.05, 4.69) is 0 Å². The number of methoxy groups -OCH3 is 2. The first kappa shape index (κ1) is 47.7. The zero-order chi connectivity index (χ0) is 45.0. The van der Waals surface area contributed by atoms with Crippen LogP contribution in [0.25, 0.3) is 0 Å². The molecule has 0 aromatic heterocycles. The van der Waals surface area contributed by atoms with Gasteiger partial charge in [0.25, 0.3) is 11.8 Å². The molecule has 22 heteroatoms. The van der Waals surface area contributed by atoms with Crippen LogP contribution in [0.15, 0.2) is 70.1 Å². The first-order chi connectivity index (χ1) is 28.5. The van der Waals surface area contributed by atoms with E-state index >= 15 is 0 Å². The number of hydroxylamine groups is 2. The summed E-state index contributed by atoms with van der Waals surface area (Å²) in [6, 6.07) is 7.96. The number of benzene rings is 2. The third-order valence-electron chi connectivity index (χ3n) is 11.0. The maximum absolute atomic E-state index is 12.4. The fraction of sp³-hybridized carbons (Fsp3) is 0.487. The smallest absolute Gasteiger partial charge is 0.335 e. The fourth-order valence-electron chi connectivity index (χ4n) is 7.92. The van der Waals surface area contributed by atoms with Crippen molar-refractivity contribution in [3.63, 3.8) is 0 Å². The average Bonchev–Trinajstić information content (AvgIpc) is 3.71. The summed E-state index contributed by atoms with van der Waals surface area (Å²) in [5, 5.41) is 0.443. The lowest BCUT2D eigenvalue weighted by Crippen LogP contribution is -2.33. The van der Waals surface area contributed by atoms with E-state index in [0.717, 1.165) is 0 Å². The van der Waals surface area contributed by atoms with Crippen molar-refractivity contribution in [3.05, 3.63) is 71.5 Å². The van der Waals surface area contributed by atoms with Gasteiger partial charge >= 0.3 is 5.97 Å². The highest BCUT2D eigenvalue weighted by Crippen LogP contribution is 2.51. The molecule has 2 aromatic carbocycles. The molecule has 61 heavy (non-hydrogen) atoms. The predicted molar refractivity (Wildman–Crippen MR) is 213 cm³/mol. The molecule has 2 atom stereocenters. The van der Waals surface area contributed by atoms with Gasteiger partial charge in [0.05, 0.1) is 45.0 Å². The van der Waals surface area contributed by atoms with Crippen molar-refractivity contribution in [1.29, 1.82) is 0 Å². The van der Waals surface area contributed by atoms with Crippen LogP contribution < -0.4 is 4.90 Å². The fourth-order valence-corrected chi connectivity index (χ4v) is 9.41. The second-order valence-electron chi connectivity index (χ2n) is 15.0. The van der Waals surface area contributed by atoms with Crippen LogP contribution in [0.3, 0.4) is 0 Å². The van der Waals surface area contributed by atoms with E-state index in [1.165, 1.54) is 50.6 Å². The third-order valence-corrected chi connectivity index (χ3v) is 13.5. The number of amides is 2. The molecule has 0 N–H and O–H groups in total. The third kappa shape index (κ3) is 10.8. The Morgan fingerprint density at radius 1 is 0.820 bits per heavy atom. The summed E-state index contributed by atoms with van der Waals surface area (Å²) < 4.78 is 127. The van der Waals surface area contributed by atoms with Crippen LogP contribution >= 0.6 is 0 Å². The van der Waals surface area contributed by atoms with Crippen LogP contribution in [0.1, 0.15) is 63.5 Å². The summed E-state index contributed by atoms with van der Waals surface area (Å²) in [6.07, 6.45) is 5.10. The first-order valence-corrected chi connectivity index (χ1v) is 23.5. The maximum atomic E-state index is 12.4. The standard InChI is InChI=1S/C39H49N3O16S3/c1-38(16-6-24-59(46,47)48)29-25-27(60(49,50)51)9-11-31(29)40(18-22-56-4)33(38)7-5-8-34-39(2,17-21-55-3)30-26-28(61(52,53)54)10-12-32(30)41(34)19-23-57-20-15-37(45)58-42-35(43)13-14-36(42)44/h5,7-12,25-26H,6,13-24H2,1-4H3,(H2-,46,47,48,49,50,51,52,53,54)/p-2. The first-order valence-electron chi connectivity index (χ1n) is 19.1. The summed E-state index contributed by atoms with van der Waals surface area (Å²) >= 11 is 0. The van der Waals surface area contributed by atoms with Crippen molar-refractivity contribution >= 4 is 65.2 Å². The number of carbonyl (C=O) groups is 3. The minimum atomic E-state index is -4.90. The zero-order valence-corrected chi connectivity index (χ0v) is 36.4. The van der Waals surface area contributed by atoms with Crippen LogP contribution in [0.2, 0.25) is 0 Å². The highest BCUT2D eigenvalue weighted by atomic mass is 32.2. The average molecular weight is 910 g/mol. The summed E-state index contributed by atoms with van der Waals surface area (Å²) in [6.45, 7) is 4.30. The lowest BCUT2D eigenvalue weighted by molar-refractivity contribution is -0.441. The molecule has 0 aliphatic carbocycles. The molecule has 2 unspecified atom stereocenters. The van der Waals surface area contributed by atoms with Gasteiger partial charge in [0.15, 0.2) is 12.3 Å². The van der Waals surface area contributed by atoms with Gasteiger partial charge in [0, 0.05) is 80.5 Å². The molecule has 3 aliphatic rings. The summed E-state index contributed by atoms with van der Waals surface area (Å²) in [5.41, 5.74) is 1.09. The minimum absolute atomic E-state index is 0.0143. The normalized spacial score (nSPS) is 21.3. The van der Waals surface area contributed by atoms with Gasteiger partial charge in [-0.3, -0.25) is 9.59 Å². The Kier molecular flexibility index (Phi) is 14.8. The SMILES string of the molecule is COCC[N+]1=C(/C=C/C=C2/N(CCOCCC(=O)ON3C(=O)CCC3=O)c3ccc(S(=O)(=O)[O-])cc3C2(C)CCOC)C(C)(CCCS(=O)(=O)[O-])c2cc(S(=O)(=O)[O-])ccc21. The van der Waals surface area contributed by atoms with Crippen molar-refractivity contribution < 1.29 is 76.9 Å². The number of nitrogens with zero attached hydrogens (tertiary/aromatic N) is 3. The molecule has 2 amide bonds. The molecule has 5 rings (SSSR count). The molecule has 1 fully saturated rings. The van der Waals surface area contributed by atoms with Crippen molar-refractivity contribution in [3.8, 4) is 0 Å². The van der Waals surface area contributed by atoms with Gasteiger partial charge < -0.3 is 37.6 Å². The second-order valence-corrected chi connectivity index (χ2v) is 19.3. The van der Waals surface area contributed by atoms with Crippen LogP contribution in [-0.4, -0.2) is 132 Å². The number of allylic oxidation sites excluding steroid dienone is 4. The van der Waals surface area contributed by atoms with Crippen molar-refractivity contribution in [2.45, 2.75) is 73.0 Å². The van der Waals surface area contributed by atoms with Gasteiger partial charge in [0.2, 0.25) is 5.69 Å². The number of rotatable bonds is 21. The van der Waals surface area contributed by atoms with Gasteiger partial charge in [-0.05, 0) is 75.1 Å². The molecule has 334 valence electrons. The highest BCUT2D eigenvalue weighted by Gasteiger charge is 2.48. The molecule has 0 bridgehead atoms. The molecular weight excluding hydrogens is 863 g/mol. The summed E-state index contributed by atoms with van der Waals surface area (Å²) in [7, 11) is -11.4. The van der Waals surface area contributed by atoms with E-state index in [0.29, 0.717) is 45.4 Å². The Balaban J connectivity index is 1.54. The minimum Gasteiger partial charge on any atom is -0.748 e. The van der Waals surface area contributed by atoms with Crippen LogP contribution in [-0.2, 0) is 74.6 Å². The molecule has 3 aliphatic heterocycles. The molecule has 1 saturated heterocycles. The second kappa shape index (κ2) is 18.9. The Hall–Kier alpha value is -4.39. The van der Waals surface area contributed by atoms with E-state index in [1.54, 1.807) is 25.2 Å². The van der Waals surface area contributed by atoms with E-state index < -0.39 is 74.5 Å². The maximum Gasteiger partial charge on any atom is 0.335 e. The predicted octanol–water partition coefficient (Wildman–Crippen LogP) is 2.09. The van der Waals surface area contributed by atoms with E-state index in [4.69, 9.17) is 19.0 Å².